The summed E-state index contributed by atoms with van der Waals surface area (Å²) in [5.74, 6) is 0.850. The van der Waals surface area contributed by atoms with Gasteiger partial charge in [0.25, 0.3) is 0 Å². The number of hydrogen-bond donors (Lipinski definition) is 1. The Hall–Kier alpha value is -1.32. The Kier molecular flexibility index (Phi) is 5.58. The maximum absolute atomic E-state index is 6.72. The molecule has 0 spiro atoms. The average Bonchev–Trinajstić information content (AvgIpc) is 2.39. The molecule has 1 aromatic rings. The molecule has 0 saturated heterocycles. The number of rotatable bonds is 7. The van der Waals surface area contributed by atoms with E-state index in [-0.39, 0.29) is 6.04 Å². The van der Waals surface area contributed by atoms with Crippen molar-refractivity contribution in [2.75, 3.05) is 21.2 Å². The van der Waals surface area contributed by atoms with Crippen LogP contribution in [0.25, 0.3) is 0 Å². The molecule has 0 bridgehead atoms. The first-order chi connectivity index (χ1) is 8.99. The lowest BCUT2D eigenvalue weighted by atomic mass is 9.79. The Balaban J connectivity index is 3.18. The minimum Gasteiger partial charge on any atom is -0.497 e. The Morgan fingerprint density at radius 3 is 2.32 bits per heavy atom. The molecule has 0 fully saturated rings. The molecule has 2 unspecified atom stereocenters. The van der Waals surface area contributed by atoms with Crippen molar-refractivity contribution >= 4 is 0 Å². The second kappa shape index (κ2) is 6.73. The van der Waals surface area contributed by atoms with Crippen LogP contribution in [0.2, 0.25) is 0 Å². The molecular formula is C16H26N2O. The van der Waals surface area contributed by atoms with Gasteiger partial charge < -0.3 is 15.4 Å². The van der Waals surface area contributed by atoms with Gasteiger partial charge in [-0.1, -0.05) is 25.1 Å². The molecular weight excluding hydrogens is 236 g/mol. The third-order valence-corrected chi connectivity index (χ3v) is 3.71. The number of ether oxygens (including phenoxy) is 1. The number of nitrogens with two attached hydrogens (primary N) is 1. The summed E-state index contributed by atoms with van der Waals surface area (Å²) in [4.78, 5) is 2.19. The van der Waals surface area contributed by atoms with Crippen molar-refractivity contribution < 1.29 is 4.74 Å². The van der Waals surface area contributed by atoms with Gasteiger partial charge in [-0.05, 0) is 44.6 Å². The van der Waals surface area contributed by atoms with Gasteiger partial charge in [-0.25, -0.2) is 0 Å². The van der Waals surface area contributed by atoms with Gasteiger partial charge in [-0.3, -0.25) is 0 Å². The Morgan fingerprint density at radius 2 is 1.95 bits per heavy atom. The molecule has 0 amide bonds. The molecule has 1 rings (SSSR count). The quantitative estimate of drug-likeness (QED) is 0.768. The second-order valence-corrected chi connectivity index (χ2v) is 5.15. The van der Waals surface area contributed by atoms with E-state index in [1.807, 2.05) is 18.2 Å². The molecule has 3 nitrogen and oxygen atoms in total. The fraction of sp³-hybridized carbons (Fsp3) is 0.500. The first-order valence-electron chi connectivity index (χ1n) is 6.70. The van der Waals surface area contributed by atoms with E-state index in [0.717, 1.165) is 24.2 Å². The van der Waals surface area contributed by atoms with Crippen LogP contribution < -0.4 is 10.5 Å². The first kappa shape index (κ1) is 15.7. The predicted molar refractivity (Wildman–Crippen MR) is 81.4 cm³/mol. The highest BCUT2D eigenvalue weighted by atomic mass is 16.5. The van der Waals surface area contributed by atoms with Crippen LogP contribution in [0, 0.1) is 0 Å². The normalized spacial score (nSPS) is 15.9. The van der Waals surface area contributed by atoms with E-state index < -0.39 is 5.54 Å². The van der Waals surface area contributed by atoms with E-state index in [9.17, 15) is 0 Å². The Morgan fingerprint density at radius 1 is 1.37 bits per heavy atom. The lowest BCUT2D eigenvalue weighted by Crippen LogP contribution is -2.53. The summed E-state index contributed by atoms with van der Waals surface area (Å²) in [6.45, 7) is 6.02. The van der Waals surface area contributed by atoms with Crippen LogP contribution in [0.15, 0.2) is 36.9 Å². The highest BCUT2D eigenvalue weighted by Crippen LogP contribution is 2.31. The maximum Gasteiger partial charge on any atom is 0.118 e. The smallest absolute Gasteiger partial charge is 0.118 e. The van der Waals surface area contributed by atoms with Crippen LogP contribution in [0.4, 0.5) is 0 Å². The van der Waals surface area contributed by atoms with Crippen molar-refractivity contribution in [3.05, 3.63) is 42.5 Å². The van der Waals surface area contributed by atoms with E-state index in [0.29, 0.717) is 0 Å². The molecule has 0 radical (unpaired) electrons. The molecule has 0 heterocycles. The maximum atomic E-state index is 6.72. The minimum absolute atomic E-state index is 0.263. The number of nitrogens with zero attached hydrogens (tertiary/aromatic N) is 1. The van der Waals surface area contributed by atoms with Gasteiger partial charge in [-0.15, -0.1) is 6.58 Å². The van der Waals surface area contributed by atoms with E-state index in [1.54, 1.807) is 7.11 Å². The largest absolute Gasteiger partial charge is 0.497 e. The third-order valence-electron chi connectivity index (χ3n) is 3.71. The summed E-state index contributed by atoms with van der Waals surface area (Å²) in [6, 6.07) is 8.28. The zero-order valence-electron chi connectivity index (χ0n) is 12.5. The monoisotopic (exact) mass is 262 g/mol. The molecule has 2 N–H and O–H groups in total. The van der Waals surface area contributed by atoms with E-state index in [4.69, 9.17) is 10.5 Å². The fourth-order valence-electron chi connectivity index (χ4n) is 2.78. The summed E-state index contributed by atoms with van der Waals surface area (Å²) in [6.07, 6.45) is 3.63. The Labute approximate surface area is 117 Å². The molecule has 2 atom stereocenters. The van der Waals surface area contributed by atoms with Crippen molar-refractivity contribution in [3.63, 3.8) is 0 Å². The Bertz CT molecular complexity index is 400. The summed E-state index contributed by atoms with van der Waals surface area (Å²) in [7, 11) is 5.81. The number of methoxy groups -OCH3 is 1. The third kappa shape index (κ3) is 3.37. The highest BCUT2D eigenvalue weighted by Gasteiger charge is 2.35. The van der Waals surface area contributed by atoms with E-state index in [1.165, 1.54) is 0 Å². The topological polar surface area (TPSA) is 38.5 Å². The van der Waals surface area contributed by atoms with Crippen molar-refractivity contribution in [2.45, 2.75) is 31.3 Å². The van der Waals surface area contributed by atoms with Gasteiger partial charge in [0.1, 0.15) is 5.75 Å². The van der Waals surface area contributed by atoms with Gasteiger partial charge in [0.05, 0.1) is 12.6 Å². The molecule has 0 aliphatic heterocycles. The van der Waals surface area contributed by atoms with Crippen LogP contribution in [0.5, 0.6) is 5.75 Å². The molecule has 0 saturated carbocycles. The number of likely N-dealkylation sites (N-methyl/N-ethyl adjacent to an activating group) is 1. The van der Waals surface area contributed by atoms with Gasteiger partial charge in [0.15, 0.2) is 0 Å². The van der Waals surface area contributed by atoms with Gasteiger partial charge in [0, 0.05) is 6.04 Å². The van der Waals surface area contributed by atoms with Crippen molar-refractivity contribution in [1.82, 2.24) is 4.90 Å². The molecule has 0 aliphatic rings. The number of benzene rings is 1. The molecule has 3 heteroatoms. The van der Waals surface area contributed by atoms with Crippen molar-refractivity contribution in [3.8, 4) is 5.75 Å². The highest BCUT2D eigenvalue weighted by molar-refractivity contribution is 5.33. The molecule has 0 aromatic heterocycles. The van der Waals surface area contributed by atoms with E-state index >= 15 is 0 Å². The summed E-state index contributed by atoms with van der Waals surface area (Å²) < 4.78 is 5.20. The van der Waals surface area contributed by atoms with Crippen LogP contribution in [0.1, 0.15) is 25.3 Å². The molecule has 0 aliphatic carbocycles. The zero-order chi connectivity index (χ0) is 14.5. The fourth-order valence-corrected chi connectivity index (χ4v) is 2.78. The molecule has 19 heavy (non-hydrogen) atoms. The molecule has 106 valence electrons. The van der Waals surface area contributed by atoms with Gasteiger partial charge in [-0.2, -0.15) is 0 Å². The second-order valence-electron chi connectivity index (χ2n) is 5.15. The lowest BCUT2D eigenvalue weighted by Gasteiger charge is -2.41. The van der Waals surface area contributed by atoms with Crippen LogP contribution >= 0.6 is 0 Å². The summed E-state index contributed by atoms with van der Waals surface area (Å²) in [5.41, 5.74) is 7.42. The standard InChI is InChI=1S/C16H26N2O/c1-6-12-16(17,15(7-2)18(3)4)13-8-10-14(19-5)11-9-13/h6,8-11,15H,1,7,12,17H2,2-5H3. The summed E-state index contributed by atoms with van der Waals surface area (Å²) >= 11 is 0. The predicted octanol–water partition coefficient (Wildman–Crippen LogP) is 2.77. The summed E-state index contributed by atoms with van der Waals surface area (Å²) in [5, 5.41) is 0. The van der Waals surface area contributed by atoms with Crippen molar-refractivity contribution in [1.29, 1.82) is 0 Å². The SMILES string of the molecule is C=CCC(N)(c1ccc(OC)cc1)C(CC)N(C)C. The zero-order valence-corrected chi connectivity index (χ0v) is 12.5. The number of hydrogen-bond acceptors (Lipinski definition) is 3. The lowest BCUT2D eigenvalue weighted by molar-refractivity contribution is 0.171. The van der Waals surface area contributed by atoms with Crippen LogP contribution in [0.3, 0.4) is 0 Å². The van der Waals surface area contributed by atoms with Crippen LogP contribution in [-0.4, -0.2) is 32.1 Å². The van der Waals surface area contributed by atoms with Crippen molar-refractivity contribution in [2.24, 2.45) is 5.73 Å². The first-order valence-corrected chi connectivity index (χ1v) is 6.70. The molecule has 1 aromatic carbocycles. The van der Waals surface area contributed by atoms with Crippen LogP contribution in [-0.2, 0) is 5.54 Å². The average molecular weight is 262 g/mol. The van der Waals surface area contributed by atoms with E-state index in [2.05, 4.69) is 44.6 Å². The minimum atomic E-state index is -0.424. The van der Waals surface area contributed by atoms with Gasteiger partial charge in [0.2, 0.25) is 0 Å². The van der Waals surface area contributed by atoms with Gasteiger partial charge >= 0.3 is 0 Å².